The monoisotopic (exact) mass is 234 g/mol. The first-order valence-corrected chi connectivity index (χ1v) is 6.46. The van der Waals surface area contributed by atoms with E-state index in [0.29, 0.717) is 6.42 Å². The van der Waals surface area contributed by atoms with Crippen LogP contribution >= 0.6 is 0 Å². The maximum Gasteiger partial charge on any atom is 0.314 e. The maximum absolute atomic E-state index is 11.6. The minimum atomic E-state index is -0.698. The minimum Gasteiger partial charge on any atom is -0.481 e. The molecule has 0 saturated heterocycles. The molecule has 1 N–H and O–H groups in total. The second kappa shape index (κ2) is 6.43. The van der Waals surface area contributed by atoms with Gasteiger partial charge in [0.25, 0.3) is 0 Å². The number of carboxylic acid groups (broad SMARTS) is 1. The fraction of sp³-hybridized carbons (Fsp3) is 0.533. The summed E-state index contributed by atoms with van der Waals surface area (Å²) in [4.78, 5) is 11.6. The molecule has 0 saturated carbocycles. The number of hydrogen-bond acceptors (Lipinski definition) is 1. The summed E-state index contributed by atoms with van der Waals surface area (Å²) in [6.07, 6.45) is 4.58. The van der Waals surface area contributed by atoms with Crippen LogP contribution < -0.4 is 0 Å². The molecular weight excluding hydrogens is 212 g/mol. The second-order valence-corrected chi connectivity index (χ2v) is 4.56. The summed E-state index contributed by atoms with van der Waals surface area (Å²) in [5, 5.41) is 9.58. The van der Waals surface area contributed by atoms with Crippen LogP contribution in [0.25, 0.3) is 0 Å². The molecule has 0 amide bonds. The molecule has 0 radical (unpaired) electrons. The molecule has 0 aromatic heterocycles. The van der Waals surface area contributed by atoms with Gasteiger partial charge in [-0.15, -0.1) is 0 Å². The summed E-state index contributed by atoms with van der Waals surface area (Å²) in [6.45, 7) is 4.10. The van der Waals surface area contributed by atoms with Gasteiger partial charge in [-0.05, 0) is 18.4 Å². The van der Waals surface area contributed by atoms with Crippen LogP contribution in [0.3, 0.4) is 0 Å². The number of aliphatic carboxylic acids is 1. The number of hydrogen-bond donors (Lipinski definition) is 1. The molecule has 0 fully saturated rings. The SMILES string of the molecule is CCCCCC(CC)(C(=O)O)c1ccccc1. The Labute approximate surface area is 104 Å². The summed E-state index contributed by atoms with van der Waals surface area (Å²) in [5.74, 6) is -0.692. The van der Waals surface area contributed by atoms with Crippen molar-refractivity contribution in [3.05, 3.63) is 35.9 Å². The van der Waals surface area contributed by atoms with Crippen molar-refractivity contribution in [2.24, 2.45) is 0 Å². The van der Waals surface area contributed by atoms with Gasteiger partial charge >= 0.3 is 5.97 Å². The van der Waals surface area contributed by atoms with E-state index in [2.05, 4.69) is 6.92 Å². The molecule has 1 atom stereocenters. The first-order valence-electron chi connectivity index (χ1n) is 6.46. The van der Waals surface area contributed by atoms with E-state index in [1.807, 2.05) is 37.3 Å². The Kier molecular flexibility index (Phi) is 5.20. The molecule has 1 rings (SSSR count). The van der Waals surface area contributed by atoms with Crippen molar-refractivity contribution < 1.29 is 9.90 Å². The minimum absolute atomic E-state index is 0.649. The number of benzene rings is 1. The maximum atomic E-state index is 11.6. The Hall–Kier alpha value is -1.31. The topological polar surface area (TPSA) is 37.3 Å². The molecule has 2 nitrogen and oxygen atoms in total. The van der Waals surface area contributed by atoms with Gasteiger partial charge in [0.15, 0.2) is 0 Å². The van der Waals surface area contributed by atoms with Crippen LogP contribution in [-0.4, -0.2) is 11.1 Å². The van der Waals surface area contributed by atoms with E-state index in [-0.39, 0.29) is 0 Å². The van der Waals surface area contributed by atoms with Gasteiger partial charge in [0.1, 0.15) is 0 Å². The summed E-state index contributed by atoms with van der Waals surface area (Å²) in [5.41, 5.74) is 0.238. The van der Waals surface area contributed by atoms with Crippen LogP contribution in [0.5, 0.6) is 0 Å². The predicted octanol–water partition coefficient (Wildman–Crippen LogP) is 4.00. The first-order chi connectivity index (χ1) is 8.17. The van der Waals surface area contributed by atoms with Crippen molar-refractivity contribution in [3.8, 4) is 0 Å². The molecule has 0 aliphatic heterocycles. The third kappa shape index (κ3) is 3.09. The van der Waals surface area contributed by atoms with Gasteiger partial charge < -0.3 is 5.11 Å². The predicted molar refractivity (Wildman–Crippen MR) is 70.2 cm³/mol. The molecule has 2 heteroatoms. The highest BCUT2D eigenvalue weighted by Crippen LogP contribution is 2.34. The third-order valence-corrected chi connectivity index (χ3v) is 3.55. The molecule has 0 aliphatic carbocycles. The van der Waals surface area contributed by atoms with Crippen LogP contribution in [0.1, 0.15) is 51.5 Å². The smallest absolute Gasteiger partial charge is 0.314 e. The average Bonchev–Trinajstić information content (AvgIpc) is 2.36. The Morgan fingerprint density at radius 3 is 2.29 bits per heavy atom. The number of rotatable bonds is 7. The van der Waals surface area contributed by atoms with Crippen molar-refractivity contribution in [1.29, 1.82) is 0 Å². The largest absolute Gasteiger partial charge is 0.481 e. The number of unbranched alkanes of at least 4 members (excludes halogenated alkanes) is 2. The van der Waals surface area contributed by atoms with Gasteiger partial charge in [-0.2, -0.15) is 0 Å². The molecule has 0 heterocycles. The Morgan fingerprint density at radius 1 is 1.18 bits per heavy atom. The highest BCUT2D eigenvalue weighted by Gasteiger charge is 2.37. The molecule has 0 spiro atoms. The summed E-state index contributed by atoms with van der Waals surface area (Å²) in [6, 6.07) is 9.63. The lowest BCUT2D eigenvalue weighted by atomic mass is 9.74. The van der Waals surface area contributed by atoms with E-state index in [0.717, 1.165) is 31.2 Å². The van der Waals surface area contributed by atoms with E-state index in [1.165, 1.54) is 0 Å². The number of carboxylic acids is 1. The van der Waals surface area contributed by atoms with Gasteiger partial charge in [0.05, 0.1) is 5.41 Å². The van der Waals surface area contributed by atoms with Crippen molar-refractivity contribution in [1.82, 2.24) is 0 Å². The zero-order chi connectivity index (χ0) is 12.7. The lowest BCUT2D eigenvalue weighted by Gasteiger charge is -2.28. The van der Waals surface area contributed by atoms with Crippen LogP contribution in [0.15, 0.2) is 30.3 Å². The number of carbonyl (C=O) groups is 1. The van der Waals surface area contributed by atoms with Crippen LogP contribution in [-0.2, 0) is 10.2 Å². The molecule has 94 valence electrons. The van der Waals surface area contributed by atoms with Crippen molar-refractivity contribution in [2.75, 3.05) is 0 Å². The zero-order valence-corrected chi connectivity index (χ0v) is 10.8. The zero-order valence-electron chi connectivity index (χ0n) is 10.8. The lowest BCUT2D eigenvalue weighted by molar-refractivity contribution is -0.144. The van der Waals surface area contributed by atoms with Crippen molar-refractivity contribution in [3.63, 3.8) is 0 Å². The van der Waals surface area contributed by atoms with Crippen LogP contribution in [0.2, 0.25) is 0 Å². The normalized spacial score (nSPS) is 14.2. The summed E-state index contributed by atoms with van der Waals surface area (Å²) in [7, 11) is 0. The van der Waals surface area contributed by atoms with Crippen LogP contribution in [0, 0.1) is 0 Å². The molecule has 0 aliphatic rings. The first kappa shape index (κ1) is 13.8. The molecule has 1 unspecified atom stereocenters. The van der Waals surface area contributed by atoms with Crippen molar-refractivity contribution in [2.45, 2.75) is 51.4 Å². The van der Waals surface area contributed by atoms with E-state index in [4.69, 9.17) is 0 Å². The molecule has 17 heavy (non-hydrogen) atoms. The standard InChI is InChI=1S/C15H22O2/c1-3-5-9-12-15(4-2,14(16)17)13-10-7-6-8-11-13/h6-8,10-11H,3-5,9,12H2,1-2H3,(H,16,17). The Morgan fingerprint density at radius 2 is 1.82 bits per heavy atom. The molecule has 1 aromatic rings. The highest BCUT2D eigenvalue weighted by atomic mass is 16.4. The second-order valence-electron chi connectivity index (χ2n) is 4.56. The summed E-state index contributed by atoms with van der Waals surface area (Å²) < 4.78 is 0. The Bertz CT molecular complexity index is 345. The third-order valence-electron chi connectivity index (χ3n) is 3.55. The quantitative estimate of drug-likeness (QED) is 0.724. The average molecular weight is 234 g/mol. The molecule has 0 bridgehead atoms. The van der Waals surface area contributed by atoms with E-state index < -0.39 is 11.4 Å². The molecular formula is C15H22O2. The van der Waals surface area contributed by atoms with Crippen LogP contribution in [0.4, 0.5) is 0 Å². The van der Waals surface area contributed by atoms with Gasteiger partial charge in [0.2, 0.25) is 0 Å². The van der Waals surface area contributed by atoms with E-state index in [9.17, 15) is 9.90 Å². The fourth-order valence-corrected chi connectivity index (χ4v) is 2.34. The van der Waals surface area contributed by atoms with Gasteiger partial charge in [-0.3, -0.25) is 4.79 Å². The van der Waals surface area contributed by atoms with Gasteiger partial charge in [0, 0.05) is 0 Å². The summed E-state index contributed by atoms with van der Waals surface area (Å²) >= 11 is 0. The fourth-order valence-electron chi connectivity index (χ4n) is 2.34. The van der Waals surface area contributed by atoms with E-state index >= 15 is 0 Å². The highest BCUT2D eigenvalue weighted by molar-refractivity contribution is 5.81. The Balaban J connectivity index is 2.97. The van der Waals surface area contributed by atoms with Crippen molar-refractivity contribution >= 4 is 5.97 Å². The van der Waals surface area contributed by atoms with Gasteiger partial charge in [-0.1, -0.05) is 63.4 Å². The van der Waals surface area contributed by atoms with Gasteiger partial charge in [-0.25, -0.2) is 0 Å². The molecule has 1 aromatic carbocycles. The lowest BCUT2D eigenvalue weighted by Crippen LogP contribution is -2.35. The van der Waals surface area contributed by atoms with E-state index in [1.54, 1.807) is 0 Å².